The van der Waals surface area contributed by atoms with Crippen LogP contribution in [0.3, 0.4) is 0 Å². The number of methoxy groups -OCH3 is 1. The molecule has 2 aromatic carbocycles. The summed E-state index contributed by atoms with van der Waals surface area (Å²) in [6.45, 7) is 3.64. The predicted octanol–water partition coefficient (Wildman–Crippen LogP) is 2.11. The second kappa shape index (κ2) is 9.25. The van der Waals surface area contributed by atoms with Crippen molar-refractivity contribution in [3.05, 3.63) is 58.1 Å². The summed E-state index contributed by atoms with van der Waals surface area (Å²) in [5.74, 6) is 0.649. The molecule has 1 aliphatic heterocycles. The third-order valence-corrected chi connectivity index (χ3v) is 6.63. The first-order valence-electron chi connectivity index (χ1n) is 9.25. The van der Waals surface area contributed by atoms with Crippen LogP contribution in [-0.2, 0) is 16.4 Å². The van der Waals surface area contributed by atoms with Gasteiger partial charge in [-0.05, 0) is 58.2 Å². The molecular formula is C20H24BrN3O4S. The van der Waals surface area contributed by atoms with E-state index in [0.717, 1.165) is 31.8 Å². The highest BCUT2D eigenvalue weighted by Gasteiger charge is 2.24. The lowest BCUT2D eigenvalue weighted by Crippen LogP contribution is -2.49. The highest BCUT2D eigenvalue weighted by atomic mass is 79.9. The first-order chi connectivity index (χ1) is 13.8. The zero-order chi connectivity index (χ0) is 21.0. The smallest absolute Gasteiger partial charge is 0.255 e. The predicted molar refractivity (Wildman–Crippen MR) is 115 cm³/mol. The van der Waals surface area contributed by atoms with Gasteiger partial charge in [0, 0.05) is 37.2 Å². The minimum Gasteiger partial charge on any atom is -0.497 e. The maximum atomic E-state index is 12.9. The molecule has 1 heterocycles. The molecule has 0 unspecified atom stereocenters. The molecule has 0 spiro atoms. The van der Waals surface area contributed by atoms with E-state index in [9.17, 15) is 13.2 Å². The molecule has 29 heavy (non-hydrogen) atoms. The average molecular weight is 482 g/mol. The second-order valence-corrected chi connectivity index (χ2v) is 9.33. The molecule has 0 atom stereocenters. The van der Waals surface area contributed by atoms with Gasteiger partial charge in [-0.3, -0.25) is 9.69 Å². The molecule has 1 fully saturated rings. The second-order valence-electron chi connectivity index (χ2n) is 6.92. The number of rotatable bonds is 6. The van der Waals surface area contributed by atoms with Crippen molar-refractivity contribution in [3.8, 4) is 5.75 Å². The number of piperazine rings is 1. The molecule has 156 valence electrons. The summed E-state index contributed by atoms with van der Waals surface area (Å²) in [7, 11) is -2.21. The van der Waals surface area contributed by atoms with Crippen LogP contribution in [0.4, 0.5) is 0 Å². The van der Waals surface area contributed by atoms with Gasteiger partial charge >= 0.3 is 0 Å². The standard InChI is InChI=1S/C20H24BrN3O4S/c1-28-16-4-2-15(3-5-16)8-9-23-10-12-24(13-11-23)20(25)18-14-17(29(22,26)27)6-7-19(18)21/h2-7,14H,8-13H2,1H3,(H2,22,26,27). The number of carbonyl (C=O) groups excluding carboxylic acids is 1. The summed E-state index contributed by atoms with van der Waals surface area (Å²) in [4.78, 5) is 16.9. The number of ether oxygens (including phenoxy) is 1. The van der Waals surface area contributed by atoms with E-state index < -0.39 is 10.0 Å². The first-order valence-corrected chi connectivity index (χ1v) is 11.6. The number of carbonyl (C=O) groups is 1. The molecule has 0 radical (unpaired) electrons. The maximum absolute atomic E-state index is 12.9. The third kappa shape index (κ3) is 5.57. The maximum Gasteiger partial charge on any atom is 0.255 e. The minimum atomic E-state index is -3.86. The number of halogens is 1. The Bertz CT molecular complexity index is 972. The van der Waals surface area contributed by atoms with E-state index in [1.165, 1.54) is 23.8 Å². The number of primary sulfonamides is 1. The first kappa shape index (κ1) is 21.8. The van der Waals surface area contributed by atoms with Crippen LogP contribution < -0.4 is 9.88 Å². The Morgan fingerprint density at radius 1 is 1.10 bits per heavy atom. The quantitative estimate of drug-likeness (QED) is 0.681. The van der Waals surface area contributed by atoms with E-state index in [1.54, 1.807) is 12.0 Å². The molecule has 1 aliphatic rings. The molecule has 0 aromatic heterocycles. The normalized spacial score (nSPS) is 15.3. The van der Waals surface area contributed by atoms with Crippen molar-refractivity contribution in [2.24, 2.45) is 5.14 Å². The Kier molecular flexibility index (Phi) is 6.94. The summed E-state index contributed by atoms with van der Waals surface area (Å²) in [6, 6.07) is 12.3. The molecule has 0 saturated carbocycles. The van der Waals surface area contributed by atoms with Gasteiger partial charge in [-0.15, -0.1) is 0 Å². The van der Waals surface area contributed by atoms with E-state index >= 15 is 0 Å². The number of amides is 1. The molecule has 1 amide bonds. The van der Waals surface area contributed by atoms with Gasteiger partial charge in [-0.25, -0.2) is 13.6 Å². The zero-order valence-electron chi connectivity index (χ0n) is 16.2. The van der Waals surface area contributed by atoms with Crippen LogP contribution in [0, 0.1) is 0 Å². The third-order valence-electron chi connectivity index (χ3n) is 5.03. The van der Waals surface area contributed by atoms with Crippen LogP contribution in [0.2, 0.25) is 0 Å². The lowest BCUT2D eigenvalue weighted by molar-refractivity contribution is 0.0637. The van der Waals surface area contributed by atoms with Gasteiger partial charge in [-0.1, -0.05) is 12.1 Å². The number of hydrogen-bond donors (Lipinski definition) is 1. The molecule has 7 nitrogen and oxygen atoms in total. The van der Waals surface area contributed by atoms with E-state index in [4.69, 9.17) is 9.88 Å². The summed E-state index contributed by atoms with van der Waals surface area (Å²) < 4.78 is 28.9. The molecule has 2 aromatic rings. The van der Waals surface area contributed by atoms with Gasteiger partial charge in [-0.2, -0.15) is 0 Å². The zero-order valence-corrected chi connectivity index (χ0v) is 18.6. The number of benzene rings is 2. The van der Waals surface area contributed by atoms with Crippen molar-refractivity contribution in [1.29, 1.82) is 0 Å². The van der Waals surface area contributed by atoms with Crippen molar-refractivity contribution >= 4 is 31.9 Å². The van der Waals surface area contributed by atoms with E-state index in [2.05, 4.69) is 33.0 Å². The van der Waals surface area contributed by atoms with Crippen LogP contribution in [-0.4, -0.2) is 64.0 Å². The van der Waals surface area contributed by atoms with Gasteiger partial charge in [0.05, 0.1) is 17.6 Å². The van der Waals surface area contributed by atoms with Crippen LogP contribution in [0.15, 0.2) is 51.8 Å². The highest BCUT2D eigenvalue weighted by molar-refractivity contribution is 9.10. The van der Waals surface area contributed by atoms with Crippen molar-refractivity contribution in [1.82, 2.24) is 9.80 Å². The van der Waals surface area contributed by atoms with E-state index in [0.29, 0.717) is 23.1 Å². The fourth-order valence-electron chi connectivity index (χ4n) is 3.27. The number of nitrogens with zero attached hydrogens (tertiary/aromatic N) is 2. The molecule has 1 saturated heterocycles. The van der Waals surface area contributed by atoms with Crippen molar-refractivity contribution in [2.75, 3.05) is 39.8 Å². The van der Waals surface area contributed by atoms with Gasteiger partial charge < -0.3 is 9.64 Å². The lowest BCUT2D eigenvalue weighted by atomic mass is 10.1. The average Bonchev–Trinajstić information content (AvgIpc) is 2.72. The van der Waals surface area contributed by atoms with Gasteiger partial charge in [0.2, 0.25) is 10.0 Å². The van der Waals surface area contributed by atoms with Crippen LogP contribution in [0.5, 0.6) is 5.75 Å². The SMILES string of the molecule is COc1ccc(CCN2CCN(C(=O)c3cc(S(N)(=O)=O)ccc3Br)CC2)cc1. The van der Waals surface area contributed by atoms with Crippen molar-refractivity contribution in [2.45, 2.75) is 11.3 Å². The topological polar surface area (TPSA) is 92.9 Å². The largest absolute Gasteiger partial charge is 0.497 e. The molecule has 0 bridgehead atoms. The van der Waals surface area contributed by atoms with Crippen LogP contribution in [0.1, 0.15) is 15.9 Å². The van der Waals surface area contributed by atoms with Gasteiger partial charge in [0.25, 0.3) is 5.91 Å². The summed E-state index contributed by atoms with van der Waals surface area (Å²) in [5.41, 5.74) is 1.55. The van der Waals surface area contributed by atoms with Gasteiger partial charge in [0.15, 0.2) is 0 Å². The van der Waals surface area contributed by atoms with E-state index in [1.807, 2.05) is 12.1 Å². The molecule has 0 aliphatic carbocycles. The summed E-state index contributed by atoms with van der Waals surface area (Å²) in [5, 5.41) is 5.19. The van der Waals surface area contributed by atoms with Gasteiger partial charge in [0.1, 0.15) is 5.75 Å². The summed E-state index contributed by atoms with van der Waals surface area (Å²) in [6.07, 6.45) is 0.930. The Morgan fingerprint density at radius 2 is 1.76 bits per heavy atom. The number of sulfonamides is 1. The molecule has 9 heteroatoms. The fourth-order valence-corrected chi connectivity index (χ4v) is 4.23. The monoisotopic (exact) mass is 481 g/mol. The fraction of sp³-hybridized carbons (Fsp3) is 0.350. The van der Waals surface area contributed by atoms with E-state index in [-0.39, 0.29) is 10.8 Å². The Labute approximate surface area is 179 Å². The van der Waals surface area contributed by atoms with Crippen molar-refractivity contribution in [3.63, 3.8) is 0 Å². The Hall–Kier alpha value is -1.94. The van der Waals surface area contributed by atoms with Crippen LogP contribution in [0.25, 0.3) is 0 Å². The summed E-state index contributed by atoms with van der Waals surface area (Å²) >= 11 is 3.33. The molecule has 2 N–H and O–H groups in total. The number of hydrogen-bond acceptors (Lipinski definition) is 5. The molecular weight excluding hydrogens is 458 g/mol. The number of nitrogens with two attached hydrogens (primary N) is 1. The lowest BCUT2D eigenvalue weighted by Gasteiger charge is -2.35. The van der Waals surface area contributed by atoms with Crippen molar-refractivity contribution < 1.29 is 17.9 Å². The Balaban J connectivity index is 1.57. The highest BCUT2D eigenvalue weighted by Crippen LogP contribution is 2.23. The van der Waals surface area contributed by atoms with Crippen LogP contribution >= 0.6 is 15.9 Å². The molecule has 3 rings (SSSR count). The Morgan fingerprint density at radius 3 is 2.34 bits per heavy atom. The minimum absolute atomic E-state index is 0.0674.